The maximum Gasteiger partial charge on any atom is 0.318 e. The number of nitriles is 1. The number of hydrogen-bond donors (Lipinski definition) is 3. The monoisotopic (exact) mass is 286 g/mol. The summed E-state index contributed by atoms with van der Waals surface area (Å²) in [7, 11) is 1.53. The SMILES string of the molecule is CNC(=O)Nc1ccc(NC(=O)C2(C#N)CCCC2)cc1. The first-order valence-electron chi connectivity index (χ1n) is 6.91. The minimum absolute atomic E-state index is 0.241. The Morgan fingerprint density at radius 1 is 1.10 bits per heavy atom. The molecular weight excluding hydrogens is 268 g/mol. The van der Waals surface area contributed by atoms with Gasteiger partial charge < -0.3 is 16.0 Å². The predicted octanol–water partition coefficient (Wildman–Crippen LogP) is 2.46. The Morgan fingerprint density at radius 3 is 2.10 bits per heavy atom. The average Bonchev–Trinajstić information content (AvgIpc) is 2.99. The minimum atomic E-state index is -0.890. The molecule has 0 heterocycles. The van der Waals surface area contributed by atoms with E-state index in [1.165, 1.54) is 7.05 Å². The van der Waals surface area contributed by atoms with Crippen LogP contribution in [0.4, 0.5) is 16.2 Å². The molecule has 0 unspecified atom stereocenters. The van der Waals surface area contributed by atoms with E-state index in [9.17, 15) is 14.9 Å². The molecule has 1 saturated carbocycles. The van der Waals surface area contributed by atoms with Crippen LogP contribution in [-0.2, 0) is 4.79 Å². The Labute approximate surface area is 123 Å². The van der Waals surface area contributed by atoms with Crippen LogP contribution in [0.2, 0.25) is 0 Å². The van der Waals surface area contributed by atoms with Crippen LogP contribution < -0.4 is 16.0 Å². The van der Waals surface area contributed by atoms with Crippen LogP contribution in [0.5, 0.6) is 0 Å². The minimum Gasteiger partial charge on any atom is -0.341 e. The van der Waals surface area contributed by atoms with Crippen molar-refractivity contribution < 1.29 is 9.59 Å². The molecule has 21 heavy (non-hydrogen) atoms. The average molecular weight is 286 g/mol. The molecule has 0 aliphatic heterocycles. The third kappa shape index (κ3) is 3.31. The number of carbonyl (C=O) groups excluding carboxylic acids is 2. The molecule has 1 aromatic rings. The fourth-order valence-electron chi connectivity index (χ4n) is 2.45. The zero-order valence-electron chi connectivity index (χ0n) is 11.9. The van der Waals surface area contributed by atoms with Gasteiger partial charge in [0.1, 0.15) is 5.41 Å². The van der Waals surface area contributed by atoms with Crippen molar-refractivity contribution in [2.75, 3.05) is 17.7 Å². The highest BCUT2D eigenvalue weighted by molar-refractivity contribution is 5.97. The quantitative estimate of drug-likeness (QED) is 0.796. The van der Waals surface area contributed by atoms with Gasteiger partial charge in [-0.05, 0) is 37.1 Å². The number of rotatable bonds is 3. The molecular formula is C15H18N4O2. The largest absolute Gasteiger partial charge is 0.341 e. The van der Waals surface area contributed by atoms with Gasteiger partial charge in [0.25, 0.3) is 0 Å². The molecule has 1 fully saturated rings. The number of nitrogens with one attached hydrogen (secondary N) is 3. The van der Waals surface area contributed by atoms with Crippen LogP contribution >= 0.6 is 0 Å². The molecule has 0 bridgehead atoms. The molecule has 0 saturated heterocycles. The fourth-order valence-corrected chi connectivity index (χ4v) is 2.45. The maximum absolute atomic E-state index is 12.3. The summed E-state index contributed by atoms with van der Waals surface area (Å²) >= 11 is 0. The van der Waals surface area contributed by atoms with Gasteiger partial charge in [-0.15, -0.1) is 0 Å². The molecule has 1 aliphatic rings. The molecule has 0 spiro atoms. The number of benzene rings is 1. The van der Waals surface area contributed by atoms with E-state index < -0.39 is 5.41 Å². The van der Waals surface area contributed by atoms with Crippen molar-refractivity contribution in [2.45, 2.75) is 25.7 Å². The van der Waals surface area contributed by atoms with E-state index in [-0.39, 0.29) is 11.9 Å². The third-order valence-corrected chi connectivity index (χ3v) is 3.73. The molecule has 110 valence electrons. The van der Waals surface area contributed by atoms with Crippen molar-refractivity contribution >= 4 is 23.3 Å². The van der Waals surface area contributed by atoms with Crippen LogP contribution in [0.1, 0.15) is 25.7 Å². The Morgan fingerprint density at radius 2 is 1.62 bits per heavy atom. The van der Waals surface area contributed by atoms with Crippen LogP contribution in [-0.4, -0.2) is 19.0 Å². The second-order valence-electron chi connectivity index (χ2n) is 5.14. The van der Waals surface area contributed by atoms with Gasteiger partial charge >= 0.3 is 6.03 Å². The van der Waals surface area contributed by atoms with Crippen molar-refractivity contribution in [1.82, 2.24) is 5.32 Å². The second kappa shape index (κ2) is 6.27. The van der Waals surface area contributed by atoms with Crippen molar-refractivity contribution in [2.24, 2.45) is 5.41 Å². The summed E-state index contributed by atoms with van der Waals surface area (Å²) in [5, 5.41) is 17.1. The Balaban J connectivity index is 2.02. The van der Waals surface area contributed by atoms with Crippen LogP contribution in [0.25, 0.3) is 0 Å². The molecule has 2 rings (SSSR count). The van der Waals surface area contributed by atoms with Gasteiger partial charge in [0.05, 0.1) is 6.07 Å². The van der Waals surface area contributed by atoms with Crippen LogP contribution in [0.3, 0.4) is 0 Å². The zero-order chi connectivity index (χ0) is 15.3. The summed E-state index contributed by atoms with van der Waals surface area (Å²) in [4.78, 5) is 23.4. The summed E-state index contributed by atoms with van der Waals surface area (Å²) in [5.74, 6) is -0.241. The van der Waals surface area contributed by atoms with Gasteiger partial charge in [-0.3, -0.25) is 4.79 Å². The Kier molecular flexibility index (Phi) is 4.43. The summed E-state index contributed by atoms with van der Waals surface area (Å²) < 4.78 is 0. The standard InChI is InChI=1S/C15H18N4O2/c1-17-14(21)19-12-6-4-11(5-7-12)18-13(20)15(10-16)8-2-3-9-15/h4-7H,2-3,8-9H2,1H3,(H,18,20)(H2,17,19,21). The summed E-state index contributed by atoms with van der Waals surface area (Å²) in [5.41, 5.74) is 0.353. The number of carbonyl (C=O) groups is 2. The van der Waals surface area contributed by atoms with Gasteiger partial charge in [-0.1, -0.05) is 12.8 Å². The number of amides is 3. The number of urea groups is 1. The lowest BCUT2D eigenvalue weighted by Crippen LogP contribution is -2.32. The third-order valence-electron chi connectivity index (χ3n) is 3.73. The number of anilines is 2. The molecule has 0 aromatic heterocycles. The predicted molar refractivity (Wildman–Crippen MR) is 79.7 cm³/mol. The maximum atomic E-state index is 12.3. The second-order valence-corrected chi connectivity index (χ2v) is 5.14. The lowest BCUT2D eigenvalue weighted by molar-refractivity contribution is -0.122. The van der Waals surface area contributed by atoms with Crippen LogP contribution in [0, 0.1) is 16.7 Å². The van der Waals surface area contributed by atoms with Crippen molar-refractivity contribution in [3.63, 3.8) is 0 Å². The van der Waals surface area contributed by atoms with Crippen molar-refractivity contribution in [1.29, 1.82) is 5.26 Å². The highest BCUT2D eigenvalue weighted by Crippen LogP contribution is 2.38. The number of nitrogens with zero attached hydrogens (tertiary/aromatic N) is 1. The van der Waals surface area contributed by atoms with Crippen molar-refractivity contribution in [3.05, 3.63) is 24.3 Å². The Hall–Kier alpha value is -2.55. The summed E-state index contributed by atoms with van der Waals surface area (Å²) in [6.45, 7) is 0. The van der Waals surface area contributed by atoms with Gasteiger partial charge in [0, 0.05) is 18.4 Å². The number of hydrogen-bond acceptors (Lipinski definition) is 3. The Bertz CT molecular complexity index is 568. The molecule has 1 aliphatic carbocycles. The van der Waals surface area contributed by atoms with E-state index in [2.05, 4.69) is 22.0 Å². The summed E-state index contributed by atoms with van der Waals surface area (Å²) in [6.07, 6.45) is 3.06. The smallest absolute Gasteiger partial charge is 0.318 e. The highest BCUT2D eigenvalue weighted by atomic mass is 16.2. The molecule has 6 heteroatoms. The summed E-state index contributed by atoms with van der Waals surface area (Å²) in [6, 6.07) is 8.64. The molecule has 1 aromatic carbocycles. The fraction of sp³-hybridized carbons (Fsp3) is 0.400. The van der Waals surface area contributed by atoms with E-state index in [4.69, 9.17) is 0 Å². The van der Waals surface area contributed by atoms with E-state index >= 15 is 0 Å². The van der Waals surface area contributed by atoms with Gasteiger partial charge in [-0.2, -0.15) is 5.26 Å². The lowest BCUT2D eigenvalue weighted by Gasteiger charge is -2.19. The topological polar surface area (TPSA) is 94.0 Å². The zero-order valence-corrected chi connectivity index (χ0v) is 11.9. The molecule has 6 nitrogen and oxygen atoms in total. The van der Waals surface area contributed by atoms with Gasteiger partial charge in [0.15, 0.2) is 0 Å². The van der Waals surface area contributed by atoms with E-state index in [0.29, 0.717) is 24.2 Å². The van der Waals surface area contributed by atoms with E-state index in [1.807, 2.05) is 0 Å². The van der Waals surface area contributed by atoms with E-state index in [0.717, 1.165) is 12.8 Å². The van der Waals surface area contributed by atoms with E-state index in [1.54, 1.807) is 24.3 Å². The normalized spacial score (nSPS) is 15.8. The molecule has 3 amide bonds. The highest BCUT2D eigenvalue weighted by Gasteiger charge is 2.41. The molecule has 0 atom stereocenters. The first-order chi connectivity index (χ1) is 10.1. The van der Waals surface area contributed by atoms with Gasteiger partial charge in [0.2, 0.25) is 5.91 Å². The first kappa shape index (κ1) is 14.9. The van der Waals surface area contributed by atoms with Gasteiger partial charge in [-0.25, -0.2) is 4.79 Å². The van der Waals surface area contributed by atoms with Crippen molar-refractivity contribution in [3.8, 4) is 6.07 Å². The van der Waals surface area contributed by atoms with Crippen LogP contribution in [0.15, 0.2) is 24.3 Å². The first-order valence-corrected chi connectivity index (χ1v) is 6.91. The molecule has 0 radical (unpaired) electrons. The lowest BCUT2D eigenvalue weighted by atomic mass is 9.87. The molecule has 3 N–H and O–H groups in total.